The first kappa shape index (κ1) is 18.8. The molecule has 3 nitrogen and oxygen atoms in total. The van der Waals surface area contributed by atoms with E-state index < -0.39 is 0 Å². The third-order valence-electron chi connectivity index (χ3n) is 4.73. The number of hydrogen-bond donors (Lipinski definition) is 0. The number of aryl methyl sites for hydroxylation is 1. The molecule has 5 heteroatoms. The maximum absolute atomic E-state index is 13.1. The quantitative estimate of drug-likeness (QED) is 0.560. The molecule has 0 bridgehead atoms. The van der Waals surface area contributed by atoms with Gasteiger partial charge >= 0.3 is 0 Å². The minimum Gasteiger partial charge on any atom is -0.474 e. The average molecular weight is 395 g/mol. The Labute approximate surface area is 169 Å². The van der Waals surface area contributed by atoms with Gasteiger partial charge in [0, 0.05) is 24.2 Å². The van der Waals surface area contributed by atoms with Gasteiger partial charge in [0.15, 0.2) is 0 Å². The van der Waals surface area contributed by atoms with Crippen LogP contribution in [0.2, 0.25) is 0 Å². The molecule has 2 heterocycles. The number of aliphatic imine (C=N–C) groups is 1. The molecule has 0 radical (unpaired) electrons. The molecule has 0 saturated carbocycles. The number of aromatic nitrogens is 1. The van der Waals surface area contributed by atoms with Crippen LogP contribution in [-0.4, -0.2) is 28.9 Å². The van der Waals surface area contributed by atoms with Crippen molar-refractivity contribution in [3.63, 3.8) is 0 Å². The third kappa shape index (κ3) is 4.65. The Kier molecular flexibility index (Phi) is 5.81. The van der Waals surface area contributed by atoms with Gasteiger partial charge in [0.2, 0.25) is 5.90 Å². The van der Waals surface area contributed by atoms with Crippen molar-refractivity contribution in [3.05, 3.63) is 95.1 Å². The largest absolute Gasteiger partial charge is 0.474 e. The lowest BCUT2D eigenvalue weighted by Gasteiger charge is -2.09. The van der Waals surface area contributed by atoms with Crippen LogP contribution in [-0.2, 0) is 17.0 Å². The molecule has 0 saturated heterocycles. The van der Waals surface area contributed by atoms with Crippen LogP contribution in [0.15, 0.2) is 71.9 Å². The van der Waals surface area contributed by atoms with E-state index in [0.717, 1.165) is 22.8 Å². The van der Waals surface area contributed by atoms with Crippen molar-refractivity contribution in [1.82, 2.24) is 4.57 Å². The summed E-state index contributed by atoms with van der Waals surface area (Å²) in [6.45, 7) is 3.39. The van der Waals surface area contributed by atoms with E-state index >= 15 is 0 Å². The normalized spacial score (nSPS) is 16.1. The van der Waals surface area contributed by atoms with Crippen LogP contribution in [0.25, 0.3) is 0 Å². The molecule has 1 aliphatic heterocycles. The third-order valence-corrected chi connectivity index (χ3v) is 5.88. The smallest absolute Gasteiger partial charge is 0.233 e. The fourth-order valence-corrected chi connectivity index (χ4v) is 4.16. The van der Waals surface area contributed by atoms with E-state index in [0.29, 0.717) is 19.0 Å². The predicted molar refractivity (Wildman–Crippen MR) is 114 cm³/mol. The van der Waals surface area contributed by atoms with Crippen molar-refractivity contribution >= 4 is 17.7 Å². The fraction of sp³-hybridized carbons (Fsp3) is 0.261. The van der Waals surface area contributed by atoms with Crippen LogP contribution < -0.4 is 0 Å². The van der Waals surface area contributed by atoms with Crippen LogP contribution in [0, 0.1) is 12.7 Å². The van der Waals surface area contributed by atoms with Gasteiger partial charge in [-0.2, -0.15) is 11.8 Å². The van der Waals surface area contributed by atoms with Crippen molar-refractivity contribution in [3.8, 4) is 0 Å². The van der Waals surface area contributed by atoms with E-state index in [2.05, 4.69) is 35.8 Å². The van der Waals surface area contributed by atoms with Gasteiger partial charge in [-0.25, -0.2) is 9.38 Å². The summed E-state index contributed by atoms with van der Waals surface area (Å²) in [5.74, 6) is 2.41. The summed E-state index contributed by atoms with van der Waals surface area (Å²) in [4.78, 5) is 4.78. The Balaban J connectivity index is 1.35. The molecule has 3 aromatic rings. The maximum Gasteiger partial charge on any atom is 0.233 e. The van der Waals surface area contributed by atoms with Crippen molar-refractivity contribution in [1.29, 1.82) is 0 Å². The van der Waals surface area contributed by atoms with Gasteiger partial charge in [-0.1, -0.05) is 42.0 Å². The molecule has 0 unspecified atom stereocenters. The summed E-state index contributed by atoms with van der Waals surface area (Å²) < 4.78 is 21.1. The molecule has 0 spiro atoms. The monoisotopic (exact) mass is 394 g/mol. The van der Waals surface area contributed by atoms with E-state index in [1.807, 2.05) is 30.1 Å². The molecular formula is C23H23FN2OS. The highest BCUT2D eigenvalue weighted by atomic mass is 32.2. The second-order valence-corrected chi connectivity index (χ2v) is 8.08. The number of ether oxygens (including phenoxy) is 1. The molecule has 0 fully saturated rings. The Morgan fingerprint density at radius 2 is 1.82 bits per heavy atom. The zero-order valence-corrected chi connectivity index (χ0v) is 16.7. The van der Waals surface area contributed by atoms with Gasteiger partial charge in [0.05, 0.1) is 6.04 Å². The SMILES string of the molecule is Cc1ccc(CSC[C@H]2COC(c3cccn3Cc3ccc(F)cc3)=N2)cc1. The molecular weight excluding hydrogens is 371 g/mol. The molecule has 1 atom stereocenters. The van der Waals surface area contributed by atoms with Gasteiger partial charge in [0.1, 0.15) is 18.1 Å². The molecule has 28 heavy (non-hydrogen) atoms. The second kappa shape index (κ2) is 8.65. The first-order chi connectivity index (χ1) is 13.7. The van der Waals surface area contributed by atoms with Crippen molar-refractivity contribution in [2.75, 3.05) is 12.4 Å². The number of benzene rings is 2. The number of hydrogen-bond acceptors (Lipinski definition) is 3. The molecule has 1 aliphatic rings. The summed E-state index contributed by atoms with van der Waals surface area (Å²) >= 11 is 1.89. The van der Waals surface area contributed by atoms with E-state index in [9.17, 15) is 4.39 Å². The Morgan fingerprint density at radius 3 is 2.61 bits per heavy atom. The lowest BCUT2D eigenvalue weighted by Crippen LogP contribution is -2.11. The summed E-state index contributed by atoms with van der Waals surface area (Å²) in [5, 5.41) is 0. The Hall–Kier alpha value is -2.53. The lowest BCUT2D eigenvalue weighted by atomic mass is 10.2. The summed E-state index contributed by atoms with van der Waals surface area (Å²) in [6, 6.07) is 19.5. The summed E-state index contributed by atoms with van der Waals surface area (Å²) in [5.41, 5.74) is 4.64. The van der Waals surface area contributed by atoms with Crippen molar-refractivity contribution < 1.29 is 9.13 Å². The number of nitrogens with zero attached hydrogens (tertiary/aromatic N) is 2. The van der Waals surface area contributed by atoms with Crippen LogP contribution in [0.4, 0.5) is 4.39 Å². The van der Waals surface area contributed by atoms with E-state index in [-0.39, 0.29) is 11.9 Å². The highest BCUT2D eigenvalue weighted by molar-refractivity contribution is 7.98. The average Bonchev–Trinajstić information content (AvgIpc) is 3.34. The zero-order chi connectivity index (χ0) is 19.3. The predicted octanol–water partition coefficient (Wildman–Crippen LogP) is 5.06. The van der Waals surface area contributed by atoms with E-state index in [1.165, 1.54) is 23.3 Å². The van der Waals surface area contributed by atoms with Gasteiger partial charge in [-0.3, -0.25) is 0 Å². The first-order valence-corrected chi connectivity index (χ1v) is 10.6. The molecule has 4 rings (SSSR count). The lowest BCUT2D eigenvalue weighted by molar-refractivity contribution is 0.323. The Bertz CT molecular complexity index is 947. The topological polar surface area (TPSA) is 26.5 Å². The minimum absolute atomic E-state index is 0.180. The fourth-order valence-electron chi connectivity index (χ4n) is 3.17. The second-order valence-electron chi connectivity index (χ2n) is 7.05. The highest BCUT2D eigenvalue weighted by Crippen LogP contribution is 2.20. The van der Waals surface area contributed by atoms with Crippen molar-refractivity contribution in [2.45, 2.75) is 25.3 Å². The van der Waals surface area contributed by atoms with Crippen molar-refractivity contribution in [2.24, 2.45) is 4.99 Å². The minimum atomic E-state index is -0.217. The highest BCUT2D eigenvalue weighted by Gasteiger charge is 2.22. The van der Waals surface area contributed by atoms with Crippen LogP contribution in [0.3, 0.4) is 0 Å². The zero-order valence-electron chi connectivity index (χ0n) is 15.8. The molecule has 0 N–H and O–H groups in total. The molecule has 0 amide bonds. The molecule has 1 aromatic heterocycles. The Morgan fingerprint density at radius 1 is 1.07 bits per heavy atom. The van der Waals surface area contributed by atoms with E-state index in [4.69, 9.17) is 9.73 Å². The first-order valence-electron chi connectivity index (χ1n) is 9.41. The number of thioether (sulfide) groups is 1. The van der Waals surface area contributed by atoms with Gasteiger partial charge in [-0.15, -0.1) is 0 Å². The standard InChI is InChI=1S/C23H23FN2OS/c1-17-4-6-19(7-5-17)15-28-16-21-14-27-23(25-21)22-3-2-12-26(22)13-18-8-10-20(24)11-9-18/h2-12,21H,13-16H2,1H3/t21-/m1/s1. The van der Waals surface area contributed by atoms with E-state index in [1.54, 1.807) is 12.1 Å². The molecule has 0 aliphatic carbocycles. The van der Waals surface area contributed by atoms with Crippen LogP contribution >= 0.6 is 11.8 Å². The van der Waals surface area contributed by atoms with Gasteiger partial charge in [0.25, 0.3) is 0 Å². The molecule has 144 valence electrons. The summed E-state index contributed by atoms with van der Waals surface area (Å²) in [7, 11) is 0. The van der Waals surface area contributed by atoms with Crippen LogP contribution in [0.5, 0.6) is 0 Å². The number of halogens is 1. The molecule has 2 aromatic carbocycles. The van der Waals surface area contributed by atoms with Crippen LogP contribution in [0.1, 0.15) is 22.4 Å². The van der Waals surface area contributed by atoms with Gasteiger partial charge in [-0.05, 0) is 42.3 Å². The summed E-state index contributed by atoms with van der Waals surface area (Å²) in [6.07, 6.45) is 2.00. The number of rotatable bonds is 7. The maximum atomic E-state index is 13.1. The van der Waals surface area contributed by atoms with Gasteiger partial charge < -0.3 is 9.30 Å².